The Morgan fingerprint density at radius 1 is 1.35 bits per heavy atom. The molecule has 17 heavy (non-hydrogen) atoms. The maximum absolute atomic E-state index is 10.7. The maximum atomic E-state index is 10.7. The largest absolute Gasteiger partial charge is 0.769 e. The van der Waals surface area contributed by atoms with Crippen LogP contribution < -0.4 is 5.23 Å². The molecule has 2 atom stereocenters. The number of rotatable bonds is 2. The minimum atomic E-state index is -0.417. The highest BCUT2D eigenvalue weighted by atomic mass is 16.8. The molecule has 5 nitrogen and oxygen atoms in total. The van der Waals surface area contributed by atoms with Crippen LogP contribution in [-0.4, -0.2) is 18.0 Å². The van der Waals surface area contributed by atoms with Crippen LogP contribution in [0, 0.1) is 10.4 Å². The van der Waals surface area contributed by atoms with Crippen LogP contribution in [0.5, 0.6) is 0 Å². The molecule has 0 fully saturated rings. The molecule has 0 saturated heterocycles. The molecule has 0 unspecified atom stereocenters. The van der Waals surface area contributed by atoms with Gasteiger partial charge in [0.2, 0.25) is 5.90 Å². The minimum Gasteiger partial charge on any atom is -0.769 e. The molecule has 1 heterocycles. The van der Waals surface area contributed by atoms with Crippen LogP contribution in [0.4, 0.5) is 5.69 Å². The second kappa shape index (κ2) is 4.73. The SMILES string of the molecule is C[C@@H]1C[C@@H](C)OC(c2cccc(N([O-])[O-])c2)=N1. The predicted molar refractivity (Wildman–Crippen MR) is 66.8 cm³/mol. The molecule has 1 aliphatic heterocycles. The summed E-state index contributed by atoms with van der Waals surface area (Å²) in [6.45, 7) is 3.99. The third kappa shape index (κ3) is 2.75. The van der Waals surface area contributed by atoms with Gasteiger partial charge in [-0.15, -0.1) is 0 Å². The first kappa shape index (κ1) is 11.9. The van der Waals surface area contributed by atoms with Crippen molar-refractivity contribution in [2.45, 2.75) is 32.4 Å². The van der Waals surface area contributed by atoms with Gasteiger partial charge in [-0.2, -0.15) is 0 Å². The van der Waals surface area contributed by atoms with E-state index in [-0.39, 0.29) is 17.8 Å². The van der Waals surface area contributed by atoms with Crippen LogP contribution in [0.2, 0.25) is 0 Å². The fraction of sp³-hybridized carbons (Fsp3) is 0.417. The minimum absolute atomic E-state index is 0.0553. The second-order valence-corrected chi connectivity index (χ2v) is 4.25. The standard InChI is InChI=1S/C12H14N2O3/c1-8-6-9(2)17-12(13-8)10-4-3-5-11(7-10)14(15)16/h3-5,7-9H,6H2,1-2H3/q-2/t8-,9-/m1/s1. The van der Waals surface area contributed by atoms with Gasteiger partial charge in [-0.05, 0) is 32.0 Å². The van der Waals surface area contributed by atoms with Crippen LogP contribution in [0.15, 0.2) is 29.3 Å². The Kier molecular flexibility index (Phi) is 3.31. The van der Waals surface area contributed by atoms with Gasteiger partial charge in [-0.1, -0.05) is 6.07 Å². The molecule has 0 amide bonds. The third-order valence-electron chi connectivity index (χ3n) is 2.63. The van der Waals surface area contributed by atoms with Crippen LogP contribution in [0.1, 0.15) is 25.8 Å². The quantitative estimate of drug-likeness (QED) is 0.737. The molecule has 0 spiro atoms. The summed E-state index contributed by atoms with van der Waals surface area (Å²) < 4.78 is 5.60. The Labute approximate surface area is 99.9 Å². The van der Waals surface area contributed by atoms with Crippen molar-refractivity contribution in [1.82, 2.24) is 0 Å². The van der Waals surface area contributed by atoms with E-state index in [2.05, 4.69) is 4.99 Å². The van der Waals surface area contributed by atoms with Crippen LogP contribution in [0.3, 0.4) is 0 Å². The lowest BCUT2D eigenvalue weighted by atomic mass is 10.1. The van der Waals surface area contributed by atoms with E-state index in [1.54, 1.807) is 12.1 Å². The summed E-state index contributed by atoms with van der Waals surface area (Å²) in [6.07, 6.45) is 0.968. The van der Waals surface area contributed by atoms with Crippen molar-refractivity contribution in [2.75, 3.05) is 5.23 Å². The second-order valence-electron chi connectivity index (χ2n) is 4.25. The van der Waals surface area contributed by atoms with E-state index in [0.717, 1.165) is 6.42 Å². The molecule has 1 aromatic carbocycles. The zero-order chi connectivity index (χ0) is 12.4. The number of aliphatic imine (C=N–C) groups is 1. The molecule has 1 aromatic rings. The lowest BCUT2D eigenvalue weighted by molar-refractivity contribution is 0.171. The van der Waals surface area contributed by atoms with E-state index < -0.39 is 5.23 Å². The highest BCUT2D eigenvalue weighted by molar-refractivity contribution is 5.95. The molecule has 92 valence electrons. The fourth-order valence-corrected chi connectivity index (χ4v) is 1.90. The van der Waals surface area contributed by atoms with Gasteiger partial charge in [0.1, 0.15) is 0 Å². The first-order valence-electron chi connectivity index (χ1n) is 5.55. The Morgan fingerprint density at radius 3 is 2.76 bits per heavy atom. The Balaban J connectivity index is 2.30. The van der Waals surface area contributed by atoms with Crippen molar-refractivity contribution in [2.24, 2.45) is 4.99 Å². The van der Waals surface area contributed by atoms with Crippen molar-refractivity contribution >= 4 is 11.6 Å². The summed E-state index contributed by atoms with van der Waals surface area (Å²) in [4.78, 5) is 4.38. The van der Waals surface area contributed by atoms with E-state index in [0.29, 0.717) is 11.5 Å². The van der Waals surface area contributed by atoms with Crippen molar-refractivity contribution in [3.8, 4) is 0 Å². The summed E-state index contributed by atoms with van der Waals surface area (Å²) in [7, 11) is 0. The van der Waals surface area contributed by atoms with Gasteiger partial charge in [0.15, 0.2) is 0 Å². The average molecular weight is 234 g/mol. The first-order valence-corrected chi connectivity index (χ1v) is 5.55. The smallest absolute Gasteiger partial charge is 0.216 e. The van der Waals surface area contributed by atoms with Crippen LogP contribution in [0.25, 0.3) is 0 Å². The summed E-state index contributed by atoms with van der Waals surface area (Å²) >= 11 is 0. The molecule has 2 rings (SSSR count). The van der Waals surface area contributed by atoms with Gasteiger partial charge in [0.05, 0.1) is 12.1 Å². The monoisotopic (exact) mass is 234 g/mol. The number of hydrogen-bond acceptors (Lipinski definition) is 5. The van der Waals surface area contributed by atoms with Gasteiger partial charge >= 0.3 is 0 Å². The maximum Gasteiger partial charge on any atom is 0.216 e. The Morgan fingerprint density at radius 2 is 2.12 bits per heavy atom. The topological polar surface area (TPSA) is 71.0 Å². The first-order chi connectivity index (χ1) is 8.06. The number of hydrogen-bond donors (Lipinski definition) is 0. The van der Waals surface area contributed by atoms with E-state index >= 15 is 0 Å². The molecular weight excluding hydrogens is 220 g/mol. The third-order valence-corrected chi connectivity index (χ3v) is 2.63. The lowest BCUT2D eigenvalue weighted by Crippen LogP contribution is -2.26. The molecule has 1 aliphatic rings. The summed E-state index contributed by atoms with van der Waals surface area (Å²) in [6, 6.07) is 6.55. The highest BCUT2D eigenvalue weighted by Crippen LogP contribution is 2.20. The molecule has 0 aliphatic carbocycles. The van der Waals surface area contributed by atoms with Crippen LogP contribution >= 0.6 is 0 Å². The fourth-order valence-electron chi connectivity index (χ4n) is 1.90. The summed E-state index contributed by atoms with van der Waals surface area (Å²) in [5.41, 5.74) is 0.720. The lowest BCUT2D eigenvalue weighted by Gasteiger charge is -2.37. The zero-order valence-electron chi connectivity index (χ0n) is 9.79. The van der Waals surface area contributed by atoms with Crippen molar-refractivity contribution in [1.29, 1.82) is 0 Å². The van der Waals surface area contributed by atoms with Gasteiger partial charge in [0.25, 0.3) is 0 Å². The van der Waals surface area contributed by atoms with Gasteiger partial charge in [0, 0.05) is 17.7 Å². The number of ether oxygens (including phenoxy) is 1. The summed E-state index contributed by atoms with van der Waals surface area (Å²) in [5.74, 6) is 0.500. The van der Waals surface area contributed by atoms with E-state index in [1.165, 1.54) is 12.1 Å². The van der Waals surface area contributed by atoms with Gasteiger partial charge in [-0.25, -0.2) is 4.99 Å². The molecule has 0 bridgehead atoms. The van der Waals surface area contributed by atoms with Gasteiger partial charge < -0.3 is 20.4 Å². The van der Waals surface area contributed by atoms with Crippen molar-refractivity contribution < 1.29 is 4.74 Å². The normalized spacial score (nSPS) is 23.9. The Bertz CT molecular complexity index is 432. The number of benzene rings is 1. The predicted octanol–water partition coefficient (Wildman–Crippen LogP) is 2.43. The Hall–Kier alpha value is -1.59. The van der Waals surface area contributed by atoms with E-state index in [4.69, 9.17) is 4.74 Å². The van der Waals surface area contributed by atoms with E-state index in [9.17, 15) is 10.4 Å². The molecular formula is C12H14N2O3-2. The molecule has 0 radical (unpaired) electrons. The van der Waals surface area contributed by atoms with Gasteiger partial charge in [-0.3, -0.25) is 0 Å². The summed E-state index contributed by atoms with van der Waals surface area (Å²) in [5, 5.41) is 21.0. The molecule has 0 aromatic heterocycles. The van der Waals surface area contributed by atoms with E-state index in [1.807, 2.05) is 13.8 Å². The number of nitrogens with zero attached hydrogens (tertiary/aromatic N) is 2. The molecule has 0 N–H and O–H groups in total. The van der Waals surface area contributed by atoms with Crippen LogP contribution in [-0.2, 0) is 4.74 Å². The zero-order valence-corrected chi connectivity index (χ0v) is 9.79. The van der Waals surface area contributed by atoms with Crippen molar-refractivity contribution in [3.63, 3.8) is 0 Å². The van der Waals surface area contributed by atoms with Crippen molar-refractivity contribution in [3.05, 3.63) is 40.2 Å². The average Bonchev–Trinajstić information content (AvgIpc) is 2.28. The highest BCUT2D eigenvalue weighted by Gasteiger charge is 2.19. The molecule has 0 saturated carbocycles. The number of anilines is 1. The molecule has 5 heteroatoms.